The highest BCUT2D eigenvalue weighted by Crippen LogP contribution is 2.42. The maximum Gasteiger partial charge on any atom is 0.326 e. The van der Waals surface area contributed by atoms with Crippen LogP contribution < -0.4 is 10.6 Å². The summed E-state index contributed by atoms with van der Waals surface area (Å²) >= 11 is 0. The van der Waals surface area contributed by atoms with E-state index in [0.29, 0.717) is 37.1 Å². The Balaban J connectivity index is 1.31. The third-order valence-electron chi connectivity index (χ3n) is 7.28. The number of carboxylic acid groups (broad SMARTS) is 1. The van der Waals surface area contributed by atoms with Crippen molar-refractivity contribution in [1.29, 1.82) is 0 Å². The van der Waals surface area contributed by atoms with Crippen LogP contribution in [-0.4, -0.2) is 91.2 Å². The van der Waals surface area contributed by atoms with Crippen molar-refractivity contribution in [3.05, 3.63) is 54.6 Å². The molecule has 3 aliphatic heterocycles. The molecule has 3 N–H and O–H groups in total. The van der Waals surface area contributed by atoms with Crippen LogP contribution in [0, 0.1) is 0 Å². The third-order valence-corrected chi connectivity index (χ3v) is 7.28. The molecule has 3 aromatic rings. The number of aliphatic carboxylic acids is 1. The van der Waals surface area contributed by atoms with Gasteiger partial charge < -0.3 is 29.5 Å². The number of carboxylic acids is 1. The van der Waals surface area contributed by atoms with Crippen LogP contribution in [0.3, 0.4) is 0 Å². The van der Waals surface area contributed by atoms with E-state index in [2.05, 4.69) is 25.6 Å². The van der Waals surface area contributed by atoms with Gasteiger partial charge in [-0.05, 0) is 31.4 Å². The molecule has 41 heavy (non-hydrogen) atoms. The van der Waals surface area contributed by atoms with Gasteiger partial charge in [-0.3, -0.25) is 14.7 Å². The Hall–Kier alpha value is -4.40. The average molecular weight is 564 g/mol. The van der Waals surface area contributed by atoms with E-state index in [1.165, 1.54) is 17.6 Å². The number of rotatable bonds is 7. The van der Waals surface area contributed by atoms with E-state index in [1.54, 1.807) is 17.6 Å². The first-order valence-corrected chi connectivity index (χ1v) is 13.4. The number of carbonyl (C=O) groups excluding carboxylic acids is 2. The molecule has 214 valence electrons. The number of aromatic nitrogens is 4. The molecule has 3 fully saturated rings. The first kappa shape index (κ1) is 26.8. The molecule has 3 saturated heterocycles. The first-order valence-electron chi connectivity index (χ1n) is 13.4. The molecular formula is C27H29N7O7. The predicted molar refractivity (Wildman–Crippen MR) is 143 cm³/mol. The van der Waals surface area contributed by atoms with Gasteiger partial charge in [-0.2, -0.15) is 0 Å². The minimum absolute atomic E-state index is 0.204. The number of urea groups is 1. The van der Waals surface area contributed by atoms with Crippen molar-refractivity contribution < 1.29 is 33.7 Å². The van der Waals surface area contributed by atoms with Gasteiger partial charge >= 0.3 is 12.0 Å². The normalized spacial score (nSPS) is 27.4. The Morgan fingerprint density at radius 1 is 1.10 bits per heavy atom. The lowest BCUT2D eigenvalue weighted by Crippen LogP contribution is -2.49. The molecule has 2 aromatic heterocycles. The van der Waals surface area contributed by atoms with Crippen LogP contribution >= 0.6 is 0 Å². The summed E-state index contributed by atoms with van der Waals surface area (Å²) in [5.41, 5.74) is 1.61. The van der Waals surface area contributed by atoms with Gasteiger partial charge in [0.05, 0.1) is 6.33 Å². The van der Waals surface area contributed by atoms with Crippen LogP contribution in [0.4, 0.5) is 10.6 Å². The highest BCUT2D eigenvalue weighted by molar-refractivity contribution is 5.95. The van der Waals surface area contributed by atoms with Crippen molar-refractivity contribution in [2.45, 2.75) is 56.6 Å². The van der Waals surface area contributed by atoms with E-state index in [0.717, 1.165) is 5.56 Å². The van der Waals surface area contributed by atoms with Crippen LogP contribution in [0.2, 0.25) is 0 Å². The topological polar surface area (TPSA) is 170 Å². The Labute approximate surface area is 234 Å². The maximum absolute atomic E-state index is 13.7. The Morgan fingerprint density at radius 3 is 2.68 bits per heavy atom. The Bertz CT molecular complexity index is 1480. The van der Waals surface area contributed by atoms with E-state index in [4.69, 9.17) is 14.2 Å². The zero-order valence-corrected chi connectivity index (χ0v) is 22.1. The molecule has 3 amide bonds. The molecule has 0 saturated carbocycles. The summed E-state index contributed by atoms with van der Waals surface area (Å²) in [4.78, 5) is 51.8. The maximum atomic E-state index is 13.7. The standard InChI is InChI=1S/C27H29N7O7/c1-2-28-27(38)32-22-18-23(30-13-29-22)34(14-31-18)25-21-19(39-17(40-21)11-10-15-7-4-3-5-8-15)20(41-25)24(35)33-12-6-9-16(33)26(36)37/h3-5,7-8,10-11,13-14,16-17,19-21,25H,2,6,9,12H2,1H3,(H,36,37)(H2,28,29,30,32,38)/t16-,17+,19?,20?,21?,25?/m1/s1. The number of fused-ring (bicyclic) bond motifs is 2. The second kappa shape index (κ2) is 11.2. The number of hydrogen-bond acceptors (Lipinski definition) is 9. The monoisotopic (exact) mass is 563 g/mol. The van der Waals surface area contributed by atoms with Crippen molar-refractivity contribution in [3.63, 3.8) is 0 Å². The molecule has 14 heteroatoms. The average Bonchev–Trinajstić information content (AvgIpc) is 3.76. The van der Waals surface area contributed by atoms with Crippen LogP contribution in [0.1, 0.15) is 31.6 Å². The summed E-state index contributed by atoms with van der Waals surface area (Å²) in [5.74, 6) is -1.32. The summed E-state index contributed by atoms with van der Waals surface area (Å²) < 4.78 is 20.3. The van der Waals surface area contributed by atoms with Gasteiger partial charge in [0.15, 0.2) is 35.6 Å². The van der Waals surface area contributed by atoms with Crippen molar-refractivity contribution in [3.8, 4) is 0 Å². The first-order chi connectivity index (χ1) is 19.9. The summed E-state index contributed by atoms with van der Waals surface area (Å²) in [6, 6.07) is 8.26. The van der Waals surface area contributed by atoms with Gasteiger partial charge in [-0.15, -0.1) is 0 Å². The van der Waals surface area contributed by atoms with E-state index >= 15 is 0 Å². The highest BCUT2D eigenvalue weighted by atomic mass is 16.8. The SMILES string of the molecule is CCNC(=O)Nc1ncnc2c1ncn2C1OC(C(=O)N2CCC[C@@H]2C(=O)O)C2O[C@H](C=Cc3ccccc3)OC21. The zero-order chi connectivity index (χ0) is 28.5. The molecule has 3 aliphatic rings. The number of imidazole rings is 1. The number of carbonyl (C=O) groups is 3. The van der Waals surface area contributed by atoms with Crippen LogP contribution in [-0.2, 0) is 23.8 Å². The Morgan fingerprint density at radius 2 is 1.90 bits per heavy atom. The van der Waals surface area contributed by atoms with Gasteiger partial charge in [0.25, 0.3) is 5.91 Å². The molecule has 0 bridgehead atoms. The summed E-state index contributed by atoms with van der Waals surface area (Å²) in [6.45, 7) is 2.54. The number of anilines is 1. The summed E-state index contributed by atoms with van der Waals surface area (Å²) in [5, 5.41) is 15.0. The van der Waals surface area contributed by atoms with E-state index in [1.807, 2.05) is 36.4 Å². The zero-order valence-electron chi connectivity index (χ0n) is 22.1. The fourth-order valence-electron chi connectivity index (χ4n) is 5.43. The molecule has 14 nitrogen and oxygen atoms in total. The van der Waals surface area contributed by atoms with Gasteiger partial charge in [-0.25, -0.2) is 24.5 Å². The predicted octanol–water partition coefficient (Wildman–Crippen LogP) is 1.76. The summed E-state index contributed by atoms with van der Waals surface area (Å²) in [6.07, 6.45) is 2.99. The number of ether oxygens (including phenoxy) is 3. The molecular weight excluding hydrogens is 534 g/mol. The number of nitrogens with one attached hydrogen (secondary N) is 2. The fraction of sp³-hybridized carbons (Fsp3) is 0.407. The number of benzene rings is 1. The fourth-order valence-corrected chi connectivity index (χ4v) is 5.43. The molecule has 0 aliphatic carbocycles. The largest absolute Gasteiger partial charge is 0.480 e. The Kier molecular flexibility index (Phi) is 7.34. The quantitative estimate of drug-likeness (QED) is 0.385. The number of hydrogen-bond donors (Lipinski definition) is 3. The molecule has 0 spiro atoms. The van der Waals surface area contributed by atoms with Gasteiger partial charge in [0.1, 0.15) is 24.6 Å². The number of nitrogens with zero attached hydrogens (tertiary/aromatic N) is 5. The van der Waals surface area contributed by atoms with Crippen molar-refractivity contribution in [2.24, 2.45) is 0 Å². The molecule has 4 unspecified atom stereocenters. The van der Waals surface area contributed by atoms with Crippen LogP contribution in [0.5, 0.6) is 0 Å². The van der Waals surface area contributed by atoms with Crippen molar-refractivity contribution in [2.75, 3.05) is 18.4 Å². The lowest BCUT2D eigenvalue weighted by atomic mass is 10.1. The van der Waals surface area contributed by atoms with Crippen LogP contribution in [0.15, 0.2) is 49.1 Å². The molecule has 6 rings (SSSR count). The minimum atomic E-state index is -1.12. The molecule has 5 heterocycles. The summed E-state index contributed by atoms with van der Waals surface area (Å²) in [7, 11) is 0. The van der Waals surface area contributed by atoms with E-state index in [9.17, 15) is 19.5 Å². The van der Waals surface area contributed by atoms with Gasteiger partial charge in [0, 0.05) is 13.1 Å². The third kappa shape index (κ3) is 5.12. The number of amides is 3. The van der Waals surface area contributed by atoms with Gasteiger partial charge in [0.2, 0.25) is 0 Å². The second-order valence-electron chi connectivity index (χ2n) is 9.85. The number of likely N-dealkylation sites (tertiary alicyclic amines) is 1. The van der Waals surface area contributed by atoms with Crippen molar-refractivity contribution in [1.82, 2.24) is 29.7 Å². The van der Waals surface area contributed by atoms with E-state index in [-0.39, 0.29) is 5.82 Å². The highest BCUT2D eigenvalue weighted by Gasteiger charge is 2.57. The van der Waals surface area contributed by atoms with E-state index < -0.39 is 54.8 Å². The molecule has 6 atom stereocenters. The second-order valence-corrected chi connectivity index (χ2v) is 9.85. The minimum Gasteiger partial charge on any atom is -0.480 e. The molecule has 1 aromatic carbocycles. The lowest BCUT2D eigenvalue weighted by Gasteiger charge is -2.26. The lowest BCUT2D eigenvalue weighted by molar-refractivity contribution is -0.165. The molecule has 0 radical (unpaired) electrons. The van der Waals surface area contributed by atoms with Crippen LogP contribution in [0.25, 0.3) is 17.2 Å². The smallest absolute Gasteiger partial charge is 0.326 e. The van der Waals surface area contributed by atoms with Gasteiger partial charge in [-0.1, -0.05) is 36.4 Å². The van der Waals surface area contributed by atoms with Crippen molar-refractivity contribution >= 4 is 41.0 Å².